The maximum absolute atomic E-state index is 12.8. The Bertz CT molecular complexity index is 721. The van der Waals surface area contributed by atoms with Crippen molar-refractivity contribution in [3.8, 4) is 0 Å². The Balaban J connectivity index is 2.18. The van der Waals surface area contributed by atoms with Crippen LogP contribution in [0.5, 0.6) is 0 Å². The third kappa shape index (κ3) is 4.21. The first-order valence-electron chi connectivity index (χ1n) is 6.95. The fourth-order valence-corrected chi connectivity index (χ4v) is 2.01. The molecule has 0 unspecified atom stereocenters. The van der Waals surface area contributed by atoms with E-state index in [9.17, 15) is 18.0 Å². The fraction of sp³-hybridized carbons (Fsp3) is 0.250. The number of hydrogen-bond acceptors (Lipinski definition) is 3. The van der Waals surface area contributed by atoms with Crippen molar-refractivity contribution in [1.82, 2.24) is 5.32 Å². The van der Waals surface area contributed by atoms with Crippen LogP contribution < -0.4 is 5.32 Å². The molecule has 0 saturated heterocycles. The van der Waals surface area contributed by atoms with Gasteiger partial charge in [-0.1, -0.05) is 41.6 Å². The van der Waals surface area contributed by atoms with Gasteiger partial charge in [0.15, 0.2) is 5.71 Å². The number of oxime groups is 1. The second-order valence-electron chi connectivity index (χ2n) is 4.66. The van der Waals surface area contributed by atoms with Gasteiger partial charge in [0.05, 0.1) is 6.54 Å². The number of amides is 1. The van der Waals surface area contributed by atoms with E-state index < -0.39 is 24.3 Å². The van der Waals surface area contributed by atoms with Gasteiger partial charge in [-0.25, -0.2) is 0 Å². The zero-order chi connectivity index (χ0) is 16.9. The monoisotopic (exact) mass is 324 g/mol. The Hall–Kier alpha value is -2.57. The molecule has 0 aliphatic heterocycles. The standard InChI is InChI=1S/C16H15F3N2O2/c1-2-23-21-14(16(17,18)19)10-20-15(22)13-9-5-7-11-6-3-4-8-12(11)13/h3-9H,2,10H2,1H3,(H,20,22)/b21-14+. The molecule has 0 aromatic heterocycles. The largest absolute Gasteiger partial charge is 0.434 e. The smallest absolute Gasteiger partial charge is 0.396 e. The van der Waals surface area contributed by atoms with Crippen molar-refractivity contribution in [3.63, 3.8) is 0 Å². The summed E-state index contributed by atoms with van der Waals surface area (Å²) in [6.07, 6.45) is -4.67. The highest BCUT2D eigenvalue weighted by Gasteiger charge is 2.36. The van der Waals surface area contributed by atoms with Crippen LogP contribution in [-0.2, 0) is 4.84 Å². The molecule has 0 bridgehead atoms. The van der Waals surface area contributed by atoms with Crippen molar-refractivity contribution in [3.05, 3.63) is 48.0 Å². The van der Waals surface area contributed by atoms with Gasteiger partial charge in [-0.3, -0.25) is 4.79 Å². The summed E-state index contributed by atoms with van der Waals surface area (Å²) in [4.78, 5) is 16.6. The molecule has 0 saturated carbocycles. The van der Waals surface area contributed by atoms with Crippen LogP contribution in [0.25, 0.3) is 10.8 Å². The Morgan fingerprint density at radius 1 is 1.17 bits per heavy atom. The average Bonchev–Trinajstić information content (AvgIpc) is 2.52. The molecular formula is C16H15F3N2O2. The molecule has 2 rings (SSSR count). The van der Waals surface area contributed by atoms with E-state index in [1.54, 1.807) is 24.3 Å². The second-order valence-corrected chi connectivity index (χ2v) is 4.66. The van der Waals surface area contributed by atoms with Crippen molar-refractivity contribution >= 4 is 22.4 Å². The molecule has 0 fully saturated rings. The number of carbonyl (C=O) groups is 1. The van der Waals surface area contributed by atoms with E-state index in [1.807, 2.05) is 18.2 Å². The maximum Gasteiger partial charge on any atom is 0.434 e. The van der Waals surface area contributed by atoms with Crippen LogP contribution in [0.1, 0.15) is 17.3 Å². The molecule has 0 atom stereocenters. The number of rotatable bonds is 5. The Labute approximate surface area is 130 Å². The molecule has 2 aromatic carbocycles. The predicted molar refractivity (Wildman–Crippen MR) is 81.4 cm³/mol. The van der Waals surface area contributed by atoms with E-state index >= 15 is 0 Å². The van der Waals surface area contributed by atoms with Crippen LogP contribution in [0.2, 0.25) is 0 Å². The minimum Gasteiger partial charge on any atom is -0.396 e. The summed E-state index contributed by atoms with van der Waals surface area (Å²) in [7, 11) is 0. The molecule has 4 nitrogen and oxygen atoms in total. The van der Waals surface area contributed by atoms with E-state index in [1.165, 1.54) is 6.92 Å². The Morgan fingerprint density at radius 2 is 1.87 bits per heavy atom. The van der Waals surface area contributed by atoms with Crippen molar-refractivity contribution in [1.29, 1.82) is 0 Å². The lowest BCUT2D eigenvalue weighted by molar-refractivity contribution is -0.0633. The van der Waals surface area contributed by atoms with Crippen LogP contribution in [0.3, 0.4) is 0 Å². The van der Waals surface area contributed by atoms with E-state index in [0.717, 1.165) is 5.39 Å². The highest BCUT2D eigenvalue weighted by atomic mass is 19.4. The first kappa shape index (κ1) is 16.8. The number of nitrogens with one attached hydrogen (secondary N) is 1. The quantitative estimate of drug-likeness (QED) is 0.676. The molecule has 0 heterocycles. The van der Waals surface area contributed by atoms with E-state index in [4.69, 9.17) is 0 Å². The molecule has 0 aliphatic carbocycles. The van der Waals surface area contributed by atoms with Crippen molar-refractivity contribution in [2.24, 2.45) is 5.16 Å². The van der Waals surface area contributed by atoms with Gasteiger partial charge in [0.2, 0.25) is 0 Å². The molecule has 7 heteroatoms. The SMILES string of the molecule is CCO/N=C(\CNC(=O)c1cccc2ccccc12)C(F)(F)F. The number of halogens is 3. The summed E-state index contributed by atoms with van der Waals surface area (Å²) in [6.45, 7) is 0.772. The van der Waals surface area contributed by atoms with Gasteiger partial charge in [-0.05, 0) is 23.8 Å². The number of hydrogen-bond donors (Lipinski definition) is 1. The molecule has 0 spiro atoms. The zero-order valence-corrected chi connectivity index (χ0v) is 12.4. The lowest BCUT2D eigenvalue weighted by Crippen LogP contribution is -2.37. The molecular weight excluding hydrogens is 309 g/mol. The van der Waals surface area contributed by atoms with E-state index in [-0.39, 0.29) is 6.61 Å². The normalized spacial score (nSPS) is 12.3. The van der Waals surface area contributed by atoms with Gasteiger partial charge in [-0.2, -0.15) is 13.2 Å². The summed E-state index contributed by atoms with van der Waals surface area (Å²) < 4.78 is 38.4. The number of alkyl halides is 3. The van der Waals surface area contributed by atoms with E-state index in [0.29, 0.717) is 10.9 Å². The van der Waals surface area contributed by atoms with Gasteiger partial charge in [0, 0.05) is 5.56 Å². The maximum atomic E-state index is 12.8. The summed E-state index contributed by atoms with van der Waals surface area (Å²) in [5.41, 5.74) is -0.881. The number of nitrogens with zero attached hydrogens (tertiary/aromatic N) is 1. The van der Waals surface area contributed by atoms with Crippen LogP contribution in [-0.4, -0.2) is 30.9 Å². The minimum absolute atomic E-state index is 0.0108. The highest BCUT2D eigenvalue weighted by Crippen LogP contribution is 2.19. The van der Waals surface area contributed by atoms with Crippen LogP contribution in [0.4, 0.5) is 13.2 Å². The van der Waals surface area contributed by atoms with Gasteiger partial charge < -0.3 is 10.2 Å². The fourth-order valence-electron chi connectivity index (χ4n) is 2.01. The van der Waals surface area contributed by atoms with Gasteiger partial charge in [0.25, 0.3) is 5.91 Å². The summed E-state index contributed by atoms with van der Waals surface area (Å²) in [6, 6.07) is 12.2. The predicted octanol–water partition coefficient (Wildman–Crippen LogP) is 3.52. The second kappa shape index (κ2) is 7.13. The lowest BCUT2D eigenvalue weighted by Gasteiger charge is -2.12. The molecule has 1 amide bonds. The molecule has 0 aliphatic rings. The van der Waals surface area contributed by atoms with Crippen molar-refractivity contribution in [2.45, 2.75) is 13.1 Å². The first-order chi connectivity index (χ1) is 10.9. The van der Waals surface area contributed by atoms with Gasteiger partial charge in [-0.15, -0.1) is 0 Å². The van der Waals surface area contributed by atoms with Gasteiger partial charge in [0.1, 0.15) is 6.61 Å². The molecule has 2 aromatic rings. The Morgan fingerprint density at radius 3 is 2.57 bits per heavy atom. The summed E-state index contributed by atoms with van der Waals surface area (Å²) >= 11 is 0. The molecule has 122 valence electrons. The lowest BCUT2D eigenvalue weighted by atomic mass is 10.0. The first-order valence-corrected chi connectivity index (χ1v) is 6.95. The number of carbonyl (C=O) groups excluding carboxylic acids is 1. The third-order valence-electron chi connectivity index (χ3n) is 3.08. The van der Waals surface area contributed by atoms with Crippen LogP contribution in [0, 0.1) is 0 Å². The van der Waals surface area contributed by atoms with E-state index in [2.05, 4.69) is 15.3 Å². The zero-order valence-electron chi connectivity index (χ0n) is 12.4. The number of benzene rings is 2. The topological polar surface area (TPSA) is 50.7 Å². The van der Waals surface area contributed by atoms with Crippen molar-refractivity contribution < 1.29 is 22.8 Å². The van der Waals surface area contributed by atoms with Crippen molar-refractivity contribution in [2.75, 3.05) is 13.2 Å². The Kier molecular flexibility index (Phi) is 5.20. The highest BCUT2D eigenvalue weighted by molar-refractivity contribution is 6.08. The minimum atomic E-state index is -4.67. The third-order valence-corrected chi connectivity index (χ3v) is 3.08. The summed E-state index contributed by atoms with van der Waals surface area (Å²) in [5.74, 6) is -0.602. The van der Waals surface area contributed by atoms with Gasteiger partial charge >= 0.3 is 6.18 Å². The molecule has 1 N–H and O–H groups in total. The van der Waals surface area contributed by atoms with Crippen LogP contribution in [0.15, 0.2) is 47.6 Å². The molecule has 0 radical (unpaired) electrons. The summed E-state index contributed by atoms with van der Waals surface area (Å²) in [5, 5.41) is 6.76. The number of fused-ring (bicyclic) bond motifs is 1. The molecule has 23 heavy (non-hydrogen) atoms. The average molecular weight is 324 g/mol. The van der Waals surface area contributed by atoms with Crippen LogP contribution >= 0.6 is 0 Å².